The average Bonchev–Trinajstić information content (AvgIpc) is 2.19. The molecular formula is C10H12FNO2. The number of hydrogen-bond donors (Lipinski definition) is 2. The van der Waals surface area contributed by atoms with Gasteiger partial charge in [0.1, 0.15) is 11.6 Å². The largest absolute Gasteiger partial charge is 0.493 e. The van der Waals surface area contributed by atoms with E-state index in [9.17, 15) is 4.39 Å². The number of rotatable bonds is 1. The number of aliphatic hydroxyl groups is 1. The molecule has 0 unspecified atom stereocenters. The summed E-state index contributed by atoms with van der Waals surface area (Å²) in [5.41, 5.74) is 6.70. The maximum atomic E-state index is 13.3. The Labute approximate surface area is 81.3 Å². The molecule has 14 heavy (non-hydrogen) atoms. The maximum absolute atomic E-state index is 13.3. The molecule has 0 radical (unpaired) electrons. The summed E-state index contributed by atoms with van der Waals surface area (Å²) in [6.07, 6.45) is 0.656. The highest BCUT2D eigenvalue weighted by Gasteiger charge is 2.23. The van der Waals surface area contributed by atoms with Crippen LogP contribution in [0.1, 0.15) is 23.6 Å². The van der Waals surface area contributed by atoms with Crippen LogP contribution in [0.4, 0.5) is 4.39 Å². The molecule has 76 valence electrons. The first-order valence-corrected chi connectivity index (χ1v) is 4.54. The van der Waals surface area contributed by atoms with Crippen LogP contribution in [0.15, 0.2) is 12.1 Å². The summed E-state index contributed by atoms with van der Waals surface area (Å²) in [6.45, 7) is 0.205. The van der Waals surface area contributed by atoms with Gasteiger partial charge in [-0.3, -0.25) is 0 Å². The number of hydrogen-bond acceptors (Lipinski definition) is 3. The van der Waals surface area contributed by atoms with Gasteiger partial charge in [0.2, 0.25) is 0 Å². The smallest absolute Gasteiger partial charge is 0.129 e. The lowest BCUT2D eigenvalue weighted by atomic mass is 9.96. The molecule has 0 saturated carbocycles. The van der Waals surface area contributed by atoms with Crippen molar-refractivity contribution in [2.75, 3.05) is 6.61 Å². The second-order valence-corrected chi connectivity index (χ2v) is 3.34. The van der Waals surface area contributed by atoms with Gasteiger partial charge in [-0.15, -0.1) is 0 Å². The summed E-state index contributed by atoms with van der Waals surface area (Å²) in [6, 6.07) is 2.61. The van der Waals surface area contributed by atoms with E-state index in [0.29, 0.717) is 24.3 Å². The summed E-state index contributed by atoms with van der Waals surface area (Å²) in [5.74, 6) is 0.168. The molecular weight excluding hydrogens is 185 g/mol. The zero-order chi connectivity index (χ0) is 10.1. The van der Waals surface area contributed by atoms with Gasteiger partial charge in [0.15, 0.2) is 0 Å². The number of aliphatic hydroxyl groups excluding tert-OH is 1. The maximum Gasteiger partial charge on any atom is 0.129 e. The van der Waals surface area contributed by atoms with Gasteiger partial charge in [-0.05, 0) is 12.1 Å². The number of halogens is 1. The highest BCUT2D eigenvalue weighted by atomic mass is 19.1. The average molecular weight is 197 g/mol. The Morgan fingerprint density at radius 3 is 3.07 bits per heavy atom. The van der Waals surface area contributed by atoms with Crippen LogP contribution in [-0.4, -0.2) is 11.7 Å². The van der Waals surface area contributed by atoms with Crippen LogP contribution in [0, 0.1) is 5.82 Å². The fourth-order valence-electron chi connectivity index (χ4n) is 1.75. The lowest BCUT2D eigenvalue weighted by Gasteiger charge is -2.25. The first kappa shape index (κ1) is 9.43. The molecule has 2 rings (SSSR count). The first-order chi connectivity index (χ1) is 6.74. The third-order valence-electron chi connectivity index (χ3n) is 2.48. The molecule has 4 heteroatoms. The van der Waals surface area contributed by atoms with Gasteiger partial charge < -0.3 is 15.6 Å². The van der Waals surface area contributed by atoms with Crippen molar-refractivity contribution in [3.63, 3.8) is 0 Å². The van der Waals surface area contributed by atoms with Gasteiger partial charge in [-0.1, -0.05) is 0 Å². The Balaban J connectivity index is 2.57. The van der Waals surface area contributed by atoms with E-state index in [2.05, 4.69) is 0 Å². The Hall–Kier alpha value is -1.13. The van der Waals surface area contributed by atoms with Gasteiger partial charge in [-0.25, -0.2) is 4.39 Å². The van der Waals surface area contributed by atoms with Crippen LogP contribution in [0.3, 0.4) is 0 Å². The number of ether oxygens (including phenoxy) is 1. The molecule has 0 aromatic heterocycles. The molecule has 1 heterocycles. The van der Waals surface area contributed by atoms with Crippen molar-refractivity contribution in [3.05, 3.63) is 29.1 Å². The molecule has 0 saturated heterocycles. The predicted molar refractivity (Wildman–Crippen MR) is 49.4 cm³/mol. The van der Waals surface area contributed by atoms with Crippen molar-refractivity contribution < 1.29 is 14.2 Å². The summed E-state index contributed by atoms with van der Waals surface area (Å²) in [4.78, 5) is 0. The van der Waals surface area contributed by atoms with Crippen LogP contribution in [-0.2, 0) is 6.61 Å². The van der Waals surface area contributed by atoms with E-state index >= 15 is 0 Å². The molecule has 0 fully saturated rings. The highest BCUT2D eigenvalue weighted by Crippen LogP contribution is 2.34. The molecule has 1 atom stereocenters. The minimum atomic E-state index is -0.424. The third kappa shape index (κ3) is 1.36. The SMILES string of the molecule is N[C@H]1CCOc2ccc(F)c(CO)c21. The van der Waals surface area contributed by atoms with E-state index in [1.807, 2.05) is 0 Å². The van der Waals surface area contributed by atoms with E-state index in [1.54, 1.807) is 6.07 Å². The highest BCUT2D eigenvalue weighted by molar-refractivity contribution is 5.44. The quantitative estimate of drug-likeness (QED) is 0.708. The summed E-state index contributed by atoms with van der Waals surface area (Å²) in [7, 11) is 0. The summed E-state index contributed by atoms with van der Waals surface area (Å²) >= 11 is 0. The molecule has 1 aromatic carbocycles. The van der Waals surface area contributed by atoms with E-state index in [1.165, 1.54) is 6.07 Å². The number of nitrogens with two attached hydrogens (primary N) is 1. The molecule has 1 aliphatic heterocycles. The monoisotopic (exact) mass is 197 g/mol. The van der Waals surface area contributed by atoms with Crippen molar-refractivity contribution >= 4 is 0 Å². The van der Waals surface area contributed by atoms with Crippen molar-refractivity contribution in [2.45, 2.75) is 19.1 Å². The normalized spacial score (nSPS) is 20.1. The van der Waals surface area contributed by atoms with Crippen LogP contribution in [0.5, 0.6) is 5.75 Å². The molecule has 1 aliphatic rings. The Morgan fingerprint density at radius 1 is 1.57 bits per heavy atom. The first-order valence-electron chi connectivity index (χ1n) is 4.54. The molecule has 0 spiro atoms. The second-order valence-electron chi connectivity index (χ2n) is 3.34. The Bertz CT molecular complexity index is 354. The fourth-order valence-corrected chi connectivity index (χ4v) is 1.75. The zero-order valence-corrected chi connectivity index (χ0v) is 7.66. The Morgan fingerprint density at radius 2 is 2.36 bits per heavy atom. The number of benzene rings is 1. The molecule has 3 nitrogen and oxygen atoms in total. The molecule has 0 amide bonds. The topological polar surface area (TPSA) is 55.5 Å². The second kappa shape index (κ2) is 3.55. The summed E-state index contributed by atoms with van der Waals surface area (Å²) < 4.78 is 18.6. The third-order valence-corrected chi connectivity index (χ3v) is 2.48. The zero-order valence-electron chi connectivity index (χ0n) is 7.66. The van der Waals surface area contributed by atoms with Gasteiger partial charge in [0, 0.05) is 23.6 Å². The summed E-state index contributed by atoms with van der Waals surface area (Å²) in [5, 5.41) is 9.04. The van der Waals surface area contributed by atoms with Crippen LogP contribution in [0.2, 0.25) is 0 Å². The lowest BCUT2D eigenvalue weighted by molar-refractivity contribution is 0.249. The Kier molecular flexibility index (Phi) is 2.39. The van der Waals surface area contributed by atoms with Crippen LogP contribution in [0.25, 0.3) is 0 Å². The van der Waals surface area contributed by atoms with E-state index in [0.717, 1.165) is 0 Å². The van der Waals surface area contributed by atoms with Crippen molar-refractivity contribution in [3.8, 4) is 5.75 Å². The van der Waals surface area contributed by atoms with Crippen LogP contribution >= 0.6 is 0 Å². The van der Waals surface area contributed by atoms with Crippen molar-refractivity contribution in [1.82, 2.24) is 0 Å². The van der Waals surface area contributed by atoms with Gasteiger partial charge in [0.25, 0.3) is 0 Å². The minimum absolute atomic E-state index is 0.239. The molecule has 0 aliphatic carbocycles. The van der Waals surface area contributed by atoms with Crippen molar-refractivity contribution in [2.24, 2.45) is 5.73 Å². The van der Waals surface area contributed by atoms with Gasteiger partial charge in [0.05, 0.1) is 13.2 Å². The minimum Gasteiger partial charge on any atom is -0.493 e. The van der Waals surface area contributed by atoms with E-state index in [-0.39, 0.29) is 18.2 Å². The van der Waals surface area contributed by atoms with E-state index in [4.69, 9.17) is 15.6 Å². The predicted octanol–water partition coefficient (Wildman–Crippen LogP) is 1.10. The lowest BCUT2D eigenvalue weighted by Crippen LogP contribution is -2.22. The number of fused-ring (bicyclic) bond motifs is 1. The molecule has 1 aromatic rings. The molecule has 3 N–H and O–H groups in total. The fraction of sp³-hybridized carbons (Fsp3) is 0.400. The van der Waals surface area contributed by atoms with Crippen molar-refractivity contribution in [1.29, 1.82) is 0 Å². The van der Waals surface area contributed by atoms with E-state index < -0.39 is 5.82 Å². The standard InChI is InChI=1S/C10H12FNO2/c11-7-1-2-9-10(6(7)5-13)8(12)3-4-14-9/h1-2,8,13H,3-5,12H2/t8-/m0/s1. The van der Waals surface area contributed by atoms with Crippen LogP contribution < -0.4 is 10.5 Å². The van der Waals surface area contributed by atoms with Gasteiger partial charge in [-0.2, -0.15) is 0 Å². The molecule has 0 bridgehead atoms. The van der Waals surface area contributed by atoms with Gasteiger partial charge >= 0.3 is 0 Å².